The van der Waals surface area contributed by atoms with E-state index >= 15 is 0 Å². The third kappa shape index (κ3) is 3.17. The van der Waals surface area contributed by atoms with Gasteiger partial charge in [0.1, 0.15) is 11.6 Å². The van der Waals surface area contributed by atoms with E-state index < -0.39 is 5.97 Å². The molecule has 2 aliphatic rings. The van der Waals surface area contributed by atoms with Crippen LogP contribution in [0.1, 0.15) is 30.7 Å². The van der Waals surface area contributed by atoms with Crippen LogP contribution in [-0.4, -0.2) is 59.0 Å². The van der Waals surface area contributed by atoms with E-state index in [4.69, 9.17) is 14.6 Å². The molecule has 6 nitrogen and oxygen atoms in total. The number of thiazole rings is 1. The van der Waals surface area contributed by atoms with Crippen LogP contribution in [-0.2, 0) is 20.8 Å². The zero-order chi connectivity index (χ0) is 15.6. The number of likely N-dealkylation sites (tertiary alicyclic amines) is 1. The predicted octanol–water partition coefficient (Wildman–Crippen LogP) is 1.76. The Morgan fingerprint density at radius 2 is 2.45 bits per heavy atom. The fourth-order valence-electron chi connectivity index (χ4n) is 3.79. The SMILES string of the molecule is CO[C@@]12CC[C@@H](OCC(=O)O)C[C@@H]1N(Cc1nccs1)CC2. The van der Waals surface area contributed by atoms with Crippen LogP contribution in [0.4, 0.5) is 0 Å². The minimum atomic E-state index is -0.908. The number of carboxylic acid groups (broad SMARTS) is 1. The maximum Gasteiger partial charge on any atom is 0.329 e. The lowest BCUT2D eigenvalue weighted by atomic mass is 9.79. The molecule has 1 aromatic rings. The largest absolute Gasteiger partial charge is 0.480 e. The van der Waals surface area contributed by atoms with Crippen molar-refractivity contribution in [2.75, 3.05) is 20.3 Å². The zero-order valence-corrected chi connectivity index (χ0v) is 13.6. The molecule has 0 unspecified atom stereocenters. The van der Waals surface area contributed by atoms with Crippen molar-refractivity contribution in [2.45, 2.75) is 50.0 Å². The normalized spacial score (nSPS) is 32.0. The van der Waals surface area contributed by atoms with Gasteiger partial charge in [0.15, 0.2) is 0 Å². The zero-order valence-electron chi connectivity index (χ0n) is 12.7. The molecule has 2 heterocycles. The molecule has 2 fully saturated rings. The Hall–Kier alpha value is -1.02. The molecule has 1 aliphatic carbocycles. The Kier molecular flexibility index (Phi) is 4.77. The van der Waals surface area contributed by atoms with Crippen LogP contribution in [0, 0.1) is 0 Å². The van der Waals surface area contributed by atoms with Gasteiger partial charge in [-0.2, -0.15) is 0 Å². The van der Waals surface area contributed by atoms with E-state index in [1.54, 1.807) is 18.4 Å². The highest BCUT2D eigenvalue weighted by Crippen LogP contribution is 2.43. The molecule has 0 aromatic carbocycles. The van der Waals surface area contributed by atoms with Crippen molar-refractivity contribution in [3.8, 4) is 0 Å². The van der Waals surface area contributed by atoms with Crippen molar-refractivity contribution in [2.24, 2.45) is 0 Å². The number of carboxylic acids is 1. The molecule has 1 N–H and O–H groups in total. The first-order valence-electron chi connectivity index (χ1n) is 7.64. The number of carbonyl (C=O) groups is 1. The van der Waals surface area contributed by atoms with E-state index in [9.17, 15) is 4.79 Å². The third-order valence-corrected chi connectivity index (χ3v) is 5.68. The number of nitrogens with zero attached hydrogens (tertiary/aromatic N) is 2. The van der Waals surface area contributed by atoms with E-state index in [0.717, 1.165) is 43.8 Å². The Morgan fingerprint density at radius 3 is 3.14 bits per heavy atom. The van der Waals surface area contributed by atoms with Crippen molar-refractivity contribution in [1.29, 1.82) is 0 Å². The van der Waals surface area contributed by atoms with Crippen molar-refractivity contribution in [1.82, 2.24) is 9.88 Å². The molecule has 0 bridgehead atoms. The number of hydrogen-bond acceptors (Lipinski definition) is 6. The Balaban J connectivity index is 1.68. The highest BCUT2D eigenvalue weighted by molar-refractivity contribution is 7.09. The number of rotatable bonds is 6. The van der Waals surface area contributed by atoms with Gasteiger partial charge in [0.25, 0.3) is 0 Å². The molecular weight excluding hydrogens is 304 g/mol. The van der Waals surface area contributed by atoms with Gasteiger partial charge in [-0.05, 0) is 25.7 Å². The highest BCUT2D eigenvalue weighted by atomic mass is 32.1. The smallest absolute Gasteiger partial charge is 0.329 e. The Labute approximate surface area is 134 Å². The van der Waals surface area contributed by atoms with E-state index in [1.807, 2.05) is 11.6 Å². The van der Waals surface area contributed by atoms with E-state index in [-0.39, 0.29) is 24.4 Å². The summed E-state index contributed by atoms with van der Waals surface area (Å²) in [6.45, 7) is 1.60. The quantitative estimate of drug-likeness (QED) is 0.859. The number of ether oxygens (including phenoxy) is 2. The molecule has 1 saturated carbocycles. The summed E-state index contributed by atoms with van der Waals surface area (Å²) in [5.41, 5.74) is -0.111. The molecule has 1 aliphatic heterocycles. The van der Waals surface area contributed by atoms with Gasteiger partial charge >= 0.3 is 5.97 Å². The van der Waals surface area contributed by atoms with Crippen LogP contribution in [0.3, 0.4) is 0 Å². The molecule has 1 aromatic heterocycles. The van der Waals surface area contributed by atoms with Crippen LogP contribution in [0.2, 0.25) is 0 Å². The Morgan fingerprint density at radius 1 is 1.59 bits per heavy atom. The number of fused-ring (bicyclic) bond motifs is 1. The molecule has 122 valence electrons. The average molecular weight is 326 g/mol. The predicted molar refractivity (Wildman–Crippen MR) is 81.9 cm³/mol. The highest BCUT2D eigenvalue weighted by Gasteiger charge is 2.51. The molecule has 7 heteroatoms. The first-order chi connectivity index (χ1) is 10.6. The lowest BCUT2D eigenvalue weighted by Gasteiger charge is -2.43. The molecule has 22 heavy (non-hydrogen) atoms. The maximum absolute atomic E-state index is 10.7. The summed E-state index contributed by atoms with van der Waals surface area (Å²) in [6, 6.07) is 0.272. The first-order valence-corrected chi connectivity index (χ1v) is 8.52. The van der Waals surface area contributed by atoms with Crippen LogP contribution in [0.25, 0.3) is 0 Å². The van der Waals surface area contributed by atoms with Gasteiger partial charge in [-0.25, -0.2) is 9.78 Å². The van der Waals surface area contributed by atoms with Crippen molar-refractivity contribution in [3.63, 3.8) is 0 Å². The van der Waals surface area contributed by atoms with Gasteiger partial charge in [0.05, 0.1) is 18.2 Å². The van der Waals surface area contributed by atoms with Crippen LogP contribution in [0.5, 0.6) is 0 Å². The summed E-state index contributed by atoms with van der Waals surface area (Å²) < 4.78 is 11.4. The monoisotopic (exact) mass is 326 g/mol. The van der Waals surface area contributed by atoms with Crippen LogP contribution >= 0.6 is 11.3 Å². The second-order valence-electron chi connectivity index (χ2n) is 6.03. The Bertz CT molecular complexity index is 510. The van der Waals surface area contributed by atoms with Crippen molar-refractivity contribution in [3.05, 3.63) is 16.6 Å². The summed E-state index contributed by atoms with van der Waals surface area (Å²) in [5, 5.41) is 11.9. The second-order valence-corrected chi connectivity index (χ2v) is 7.01. The third-order valence-electron chi connectivity index (χ3n) is 4.92. The number of methoxy groups -OCH3 is 1. The molecule has 0 spiro atoms. The van der Waals surface area contributed by atoms with Gasteiger partial charge in [-0.3, -0.25) is 4.90 Å². The lowest BCUT2D eigenvalue weighted by molar-refractivity contribution is -0.148. The standard InChI is InChI=1S/C15H22N2O4S/c1-20-15-3-2-11(21-10-14(18)19)8-12(15)17(6-4-15)9-13-16-5-7-22-13/h5,7,11-12H,2-4,6,8-10H2,1H3,(H,18,19)/t11-,12+,15-/m1/s1. The van der Waals surface area contributed by atoms with E-state index in [1.165, 1.54) is 0 Å². The molecular formula is C15H22N2O4S. The maximum atomic E-state index is 10.7. The van der Waals surface area contributed by atoms with Crippen molar-refractivity contribution >= 4 is 17.3 Å². The van der Waals surface area contributed by atoms with Crippen LogP contribution < -0.4 is 0 Å². The molecule has 0 radical (unpaired) electrons. The molecule has 0 amide bonds. The summed E-state index contributed by atoms with van der Waals surface area (Å²) in [7, 11) is 1.79. The minimum absolute atomic E-state index is 0.00118. The lowest BCUT2D eigenvalue weighted by Crippen LogP contribution is -2.51. The van der Waals surface area contributed by atoms with Crippen molar-refractivity contribution < 1.29 is 19.4 Å². The van der Waals surface area contributed by atoms with Gasteiger partial charge in [-0.1, -0.05) is 0 Å². The number of aromatic nitrogens is 1. The van der Waals surface area contributed by atoms with Crippen LogP contribution in [0.15, 0.2) is 11.6 Å². The number of hydrogen-bond donors (Lipinski definition) is 1. The van der Waals surface area contributed by atoms with E-state index in [0.29, 0.717) is 0 Å². The molecule has 1 saturated heterocycles. The topological polar surface area (TPSA) is 71.9 Å². The fourth-order valence-corrected chi connectivity index (χ4v) is 4.43. The summed E-state index contributed by atoms with van der Waals surface area (Å²) in [6.07, 6.45) is 5.47. The summed E-state index contributed by atoms with van der Waals surface area (Å²) in [4.78, 5) is 17.5. The summed E-state index contributed by atoms with van der Waals surface area (Å²) >= 11 is 1.67. The first kappa shape index (κ1) is 15.9. The minimum Gasteiger partial charge on any atom is -0.480 e. The summed E-state index contributed by atoms with van der Waals surface area (Å²) in [5.74, 6) is -0.908. The van der Waals surface area contributed by atoms with E-state index in [2.05, 4.69) is 9.88 Å². The number of aliphatic carboxylic acids is 1. The van der Waals surface area contributed by atoms with Gasteiger partial charge < -0.3 is 14.6 Å². The molecule has 3 atom stereocenters. The molecule has 3 rings (SSSR count). The van der Waals surface area contributed by atoms with Gasteiger partial charge in [0, 0.05) is 31.3 Å². The average Bonchev–Trinajstić information content (AvgIpc) is 3.14. The van der Waals surface area contributed by atoms with Gasteiger partial charge in [-0.15, -0.1) is 11.3 Å². The second kappa shape index (κ2) is 6.62. The fraction of sp³-hybridized carbons (Fsp3) is 0.733. The van der Waals surface area contributed by atoms with Gasteiger partial charge in [0.2, 0.25) is 0 Å².